The Labute approximate surface area is 149 Å². The van der Waals surface area contributed by atoms with Gasteiger partial charge in [-0.3, -0.25) is 4.79 Å². The highest BCUT2D eigenvalue weighted by molar-refractivity contribution is 9.10. The molecule has 0 aliphatic heterocycles. The third kappa shape index (κ3) is 3.85. The van der Waals surface area contributed by atoms with E-state index in [0.29, 0.717) is 11.0 Å². The lowest BCUT2D eigenvalue weighted by molar-refractivity contribution is 0.0950. The highest BCUT2D eigenvalue weighted by Crippen LogP contribution is 2.29. The lowest BCUT2D eigenvalue weighted by atomic mass is 10.2. The highest BCUT2D eigenvalue weighted by Gasteiger charge is 2.12. The summed E-state index contributed by atoms with van der Waals surface area (Å²) < 4.78 is 13.8. The van der Waals surface area contributed by atoms with Gasteiger partial charge in [0.1, 0.15) is 5.82 Å². The van der Waals surface area contributed by atoms with Crippen molar-refractivity contribution >= 4 is 44.5 Å². The van der Waals surface area contributed by atoms with E-state index in [4.69, 9.17) is 0 Å². The molecule has 0 radical (unpaired) electrons. The Balaban J connectivity index is 1.68. The van der Waals surface area contributed by atoms with Crippen LogP contribution in [0.15, 0.2) is 40.2 Å². The number of aryl methyl sites for hydroxylation is 1. The van der Waals surface area contributed by atoms with Crippen molar-refractivity contribution < 1.29 is 9.18 Å². The number of halogens is 2. The Morgan fingerprint density at radius 1 is 1.35 bits per heavy atom. The summed E-state index contributed by atoms with van der Waals surface area (Å²) in [5, 5.41) is 5.86. The number of hydrogen-bond donors (Lipinski definition) is 1. The summed E-state index contributed by atoms with van der Waals surface area (Å²) in [5.74, 6) is -0.744. The number of carbonyl (C=O) groups excluding carboxylic acids is 1. The summed E-state index contributed by atoms with van der Waals surface area (Å²) in [6, 6.07) is 8.02. The van der Waals surface area contributed by atoms with E-state index in [0.717, 1.165) is 20.5 Å². The van der Waals surface area contributed by atoms with Gasteiger partial charge in [-0.05, 0) is 53.2 Å². The van der Waals surface area contributed by atoms with Crippen LogP contribution in [0.4, 0.5) is 4.39 Å². The van der Waals surface area contributed by atoms with Gasteiger partial charge in [0.25, 0.3) is 5.91 Å². The van der Waals surface area contributed by atoms with Crippen molar-refractivity contribution in [1.82, 2.24) is 10.3 Å². The van der Waals surface area contributed by atoms with Gasteiger partial charge in [-0.25, -0.2) is 9.37 Å². The van der Waals surface area contributed by atoms with Gasteiger partial charge < -0.3 is 5.32 Å². The molecule has 0 saturated heterocycles. The third-order valence-electron chi connectivity index (χ3n) is 3.13. The van der Waals surface area contributed by atoms with Gasteiger partial charge in [0.2, 0.25) is 0 Å². The van der Waals surface area contributed by atoms with Gasteiger partial charge >= 0.3 is 0 Å². The molecule has 3 rings (SSSR count). The predicted molar refractivity (Wildman–Crippen MR) is 95.4 cm³/mol. The van der Waals surface area contributed by atoms with Crippen LogP contribution in [0.3, 0.4) is 0 Å². The Hall–Kier alpha value is -1.57. The first kappa shape index (κ1) is 16.3. The normalized spacial score (nSPS) is 10.7. The van der Waals surface area contributed by atoms with Crippen molar-refractivity contribution in [2.24, 2.45) is 0 Å². The number of thiophene rings is 1. The van der Waals surface area contributed by atoms with Gasteiger partial charge in [0.05, 0.1) is 27.7 Å². The van der Waals surface area contributed by atoms with Crippen LogP contribution in [0.1, 0.15) is 20.2 Å². The molecule has 0 bridgehead atoms. The van der Waals surface area contributed by atoms with E-state index in [-0.39, 0.29) is 11.5 Å². The molecule has 0 fully saturated rings. The zero-order chi connectivity index (χ0) is 16.4. The van der Waals surface area contributed by atoms with E-state index in [2.05, 4.69) is 26.2 Å². The second-order valence-electron chi connectivity index (χ2n) is 4.82. The molecule has 2 heterocycles. The van der Waals surface area contributed by atoms with Crippen molar-refractivity contribution in [3.8, 4) is 10.6 Å². The van der Waals surface area contributed by atoms with Crippen LogP contribution in [-0.4, -0.2) is 10.9 Å². The maximum absolute atomic E-state index is 13.3. The Morgan fingerprint density at radius 2 is 2.17 bits per heavy atom. The average Bonchev–Trinajstić information content (AvgIpc) is 3.16. The number of rotatable bonds is 4. The minimum atomic E-state index is -0.435. The zero-order valence-electron chi connectivity index (χ0n) is 12.1. The summed E-state index contributed by atoms with van der Waals surface area (Å²) in [4.78, 5) is 18.7. The van der Waals surface area contributed by atoms with Crippen molar-refractivity contribution in [1.29, 1.82) is 0 Å². The summed E-state index contributed by atoms with van der Waals surface area (Å²) in [7, 11) is 0. The van der Waals surface area contributed by atoms with E-state index in [1.54, 1.807) is 22.7 Å². The first-order valence-corrected chi connectivity index (χ1v) is 9.26. The number of nitrogens with one attached hydrogen (secondary N) is 1. The molecular formula is C16H12BrFN2OS2. The number of nitrogens with zero attached hydrogens (tertiary/aromatic N) is 1. The van der Waals surface area contributed by atoms with Gasteiger partial charge in [-0.15, -0.1) is 22.7 Å². The van der Waals surface area contributed by atoms with E-state index in [1.807, 2.05) is 24.4 Å². The van der Waals surface area contributed by atoms with Crippen molar-refractivity contribution in [3.05, 3.63) is 61.5 Å². The molecule has 1 N–H and O–H groups in total. The molecule has 0 aliphatic rings. The molecule has 2 aromatic heterocycles. The molecule has 0 aliphatic carbocycles. The van der Waals surface area contributed by atoms with E-state index in [1.165, 1.54) is 18.2 Å². The van der Waals surface area contributed by atoms with Crippen LogP contribution in [0.2, 0.25) is 0 Å². The van der Waals surface area contributed by atoms with Gasteiger partial charge in [-0.2, -0.15) is 0 Å². The maximum atomic E-state index is 13.3. The molecule has 0 atom stereocenters. The van der Waals surface area contributed by atoms with E-state index >= 15 is 0 Å². The van der Waals surface area contributed by atoms with Crippen LogP contribution in [-0.2, 0) is 6.54 Å². The molecule has 0 saturated carbocycles. The smallest absolute Gasteiger partial charge is 0.252 e. The van der Waals surface area contributed by atoms with Gasteiger partial charge in [0, 0.05) is 14.7 Å². The monoisotopic (exact) mass is 410 g/mol. The Bertz CT molecular complexity index is 859. The van der Waals surface area contributed by atoms with Crippen LogP contribution >= 0.6 is 38.6 Å². The molecule has 23 heavy (non-hydrogen) atoms. The Morgan fingerprint density at radius 3 is 2.91 bits per heavy atom. The SMILES string of the molecule is Cc1nc(-c2ccc(CNC(=O)c3cc(F)ccc3Br)s2)cs1. The summed E-state index contributed by atoms with van der Waals surface area (Å²) >= 11 is 6.46. The Kier molecular flexibility index (Phi) is 4.89. The second-order valence-corrected chi connectivity index (χ2v) is 7.91. The molecule has 0 spiro atoms. The lowest BCUT2D eigenvalue weighted by Gasteiger charge is -2.06. The minimum Gasteiger partial charge on any atom is -0.347 e. The molecule has 3 aromatic rings. The first-order chi connectivity index (χ1) is 11.0. The molecule has 0 unspecified atom stereocenters. The van der Waals surface area contributed by atoms with Gasteiger partial charge in [-0.1, -0.05) is 0 Å². The third-order valence-corrected chi connectivity index (χ3v) is 5.70. The standard InChI is InChI=1S/C16H12BrFN2OS2/c1-9-20-14(8-22-9)15-5-3-11(23-15)7-19-16(21)12-6-10(18)2-4-13(12)17/h2-6,8H,7H2,1H3,(H,19,21). The molecule has 3 nitrogen and oxygen atoms in total. The number of thiazole rings is 1. The molecule has 7 heteroatoms. The van der Waals surface area contributed by atoms with Crippen molar-refractivity contribution in [2.75, 3.05) is 0 Å². The van der Waals surface area contributed by atoms with Crippen LogP contribution in [0, 0.1) is 12.7 Å². The number of hydrogen-bond acceptors (Lipinski definition) is 4. The first-order valence-electron chi connectivity index (χ1n) is 6.77. The summed E-state index contributed by atoms with van der Waals surface area (Å²) in [6.45, 7) is 2.37. The largest absolute Gasteiger partial charge is 0.347 e. The van der Waals surface area contributed by atoms with Crippen LogP contribution in [0.25, 0.3) is 10.6 Å². The van der Waals surface area contributed by atoms with Crippen LogP contribution in [0.5, 0.6) is 0 Å². The maximum Gasteiger partial charge on any atom is 0.252 e. The fourth-order valence-electron chi connectivity index (χ4n) is 2.02. The number of amides is 1. The molecule has 1 amide bonds. The highest BCUT2D eigenvalue weighted by atomic mass is 79.9. The summed E-state index contributed by atoms with van der Waals surface area (Å²) in [6.07, 6.45) is 0. The fourth-order valence-corrected chi connectivity index (χ4v) is 4.04. The van der Waals surface area contributed by atoms with Crippen molar-refractivity contribution in [3.63, 3.8) is 0 Å². The second kappa shape index (κ2) is 6.90. The number of aromatic nitrogens is 1. The van der Waals surface area contributed by atoms with E-state index < -0.39 is 5.82 Å². The zero-order valence-corrected chi connectivity index (χ0v) is 15.3. The average molecular weight is 411 g/mol. The predicted octanol–water partition coefficient (Wildman–Crippen LogP) is 5.01. The number of benzene rings is 1. The summed E-state index contributed by atoms with van der Waals surface area (Å²) in [5.41, 5.74) is 1.25. The van der Waals surface area contributed by atoms with Crippen molar-refractivity contribution in [2.45, 2.75) is 13.5 Å². The lowest BCUT2D eigenvalue weighted by Crippen LogP contribution is -2.22. The van der Waals surface area contributed by atoms with Crippen LogP contribution < -0.4 is 5.32 Å². The molecule has 118 valence electrons. The molecular weight excluding hydrogens is 399 g/mol. The topological polar surface area (TPSA) is 42.0 Å². The number of carbonyl (C=O) groups is 1. The van der Waals surface area contributed by atoms with E-state index in [9.17, 15) is 9.18 Å². The minimum absolute atomic E-state index is 0.289. The fraction of sp³-hybridized carbons (Fsp3) is 0.125. The molecule has 1 aromatic carbocycles. The quantitative estimate of drug-likeness (QED) is 0.656. The van der Waals surface area contributed by atoms with Gasteiger partial charge in [0.15, 0.2) is 0 Å².